The SMILES string of the molecule is C=C/C=C(\C=C/C)C1=NC(c2ccccc2)N=C(C(/C=C\C)=C/C=CC)N1.CC.CC. The molecule has 2 rings (SSSR count). The molecular formula is C28H39N3. The molecule has 1 heterocycles. The van der Waals surface area contributed by atoms with Gasteiger partial charge in [0.15, 0.2) is 6.17 Å². The minimum atomic E-state index is -0.296. The predicted molar refractivity (Wildman–Crippen MR) is 141 cm³/mol. The third kappa shape index (κ3) is 9.43. The lowest BCUT2D eigenvalue weighted by Crippen LogP contribution is -2.36. The molecule has 0 saturated heterocycles. The zero-order valence-electron chi connectivity index (χ0n) is 20.3. The maximum absolute atomic E-state index is 4.86. The zero-order chi connectivity index (χ0) is 23.5. The summed E-state index contributed by atoms with van der Waals surface area (Å²) in [7, 11) is 0. The van der Waals surface area contributed by atoms with Crippen LogP contribution in [0.25, 0.3) is 0 Å². The van der Waals surface area contributed by atoms with Crippen molar-refractivity contribution in [3.63, 3.8) is 0 Å². The number of aliphatic imine (C=N–C) groups is 2. The van der Waals surface area contributed by atoms with E-state index in [4.69, 9.17) is 9.98 Å². The smallest absolute Gasteiger partial charge is 0.169 e. The highest BCUT2D eigenvalue weighted by Gasteiger charge is 2.20. The van der Waals surface area contributed by atoms with Crippen LogP contribution in [0, 0.1) is 0 Å². The van der Waals surface area contributed by atoms with Gasteiger partial charge < -0.3 is 5.32 Å². The molecule has 0 bridgehead atoms. The minimum Gasteiger partial charge on any atom is -0.324 e. The second kappa shape index (κ2) is 17.6. The lowest BCUT2D eigenvalue weighted by molar-refractivity contribution is 0.755. The van der Waals surface area contributed by atoms with Gasteiger partial charge in [-0.05, 0) is 26.3 Å². The van der Waals surface area contributed by atoms with Gasteiger partial charge >= 0.3 is 0 Å². The number of nitrogens with zero attached hydrogens (tertiary/aromatic N) is 2. The maximum Gasteiger partial charge on any atom is 0.169 e. The molecular weight excluding hydrogens is 378 g/mol. The molecule has 0 spiro atoms. The van der Waals surface area contributed by atoms with E-state index in [1.54, 1.807) is 6.08 Å². The van der Waals surface area contributed by atoms with Crippen LogP contribution in [0.1, 0.15) is 60.2 Å². The molecule has 0 saturated carbocycles. The van der Waals surface area contributed by atoms with Gasteiger partial charge in [0, 0.05) is 11.1 Å². The van der Waals surface area contributed by atoms with Crippen molar-refractivity contribution in [2.45, 2.75) is 54.6 Å². The zero-order valence-corrected chi connectivity index (χ0v) is 20.3. The first-order valence-corrected chi connectivity index (χ1v) is 11.1. The van der Waals surface area contributed by atoms with E-state index in [-0.39, 0.29) is 6.17 Å². The molecule has 3 nitrogen and oxygen atoms in total. The molecule has 0 radical (unpaired) electrons. The van der Waals surface area contributed by atoms with Crippen LogP contribution in [0.3, 0.4) is 0 Å². The Labute approximate surface area is 190 Å². The molecule has 1 aliphatic heterocycles. The number of nitrogens with one attached hydrogen (secondary N) is 1. The van der Waals surface area contributed by atoms with Crippen molar-refractivity contribution in [3.8, 4) is 0 Å². The largest absolute Gasteiger partial charge is 0.324 e. The highest BCUT2D eigenvalue weighted by Crippen LogP contribution is 2.24. The summed E-state index contributed by atoms with van der Waals surface area (Å²) in [5.74, 6) is 1.58. The average Bonchev–Trinajstić information content (AvgIpc) is 2.84. The lowest BCUT2D eigenvalue weighted by Gasteiger charge is -2.23. The van der Waals surface area contributed by atoms with Crippen LogP contribution >= 0.6 is 0 Å². The van der Waals surface area contributed by atoms with Crippen LogP contribution in [0.15, 0.2) is 113 Å². The second-order valence-corrected chi connectivity index (χ2v) is 5.87. The summed E-state index contributed by atoms with van der Waals surface area (Å²) < 4.78 is 0. The van der Waals surface area contributed by atoms with E-state index >= 15 is 0 Å². The summed E-state index contributed by atoms with van der Waals surface area (Å²) in [4.78, 5) is 9.71. The Bertz CT molecular complexity index is 848. The fourth-order valence-electron chi connectivity index (χ4n) is 2.63. The number of rotatable bonds is 7. The van der Waals surface area contributed by atoms with Crippen LogP contribution in [0.5, 0.6) is 0 Å². The van der Waals surface area contributed by atoms with Crippen LogP contribution in [-0.2, 0) is 0 Å². The number of benzene rings is 1. The number of hydrogen-bond acceptors (Lipinski definition) is 3. The lowest BCUT2D eigenvalue weighted by atomic mass is 10.1. The van der Waals surface area contributed by atoms with Crippen molar-refractivity contribution >= 4 is 11.7 Å². The number of amidine groups is 2. The molecule has 1 N–H and O–H groups in total. The standard InChI is InChI=1S/C24H27N3.2C2H6/c1-5-9-16-20(15-8-4)23-25-22(19(13-6-2)14-7-3)26-24(27-23)21-17-11-10-12-18-21;2*1-2/h5-18,24H,2H2,1,3-4H3,(H,25,26,27);2*1-2H3/b9-5?,14-7-,15-8-,19-13+,20-16+;;. The fourth-order valence-corrected chi connectivity index (χ4v) is 2.63. The molecule has 1 aromatic carbocycles. The monoisotopic (exact) mass is 417 g/mol. The Hall–Kier alpha value is -3.20. The first kappa shape index (κ1) is 27.8. The third-order valence-corrected chi connectivity index (χ3v) is 3.84. The maximum atomic E-state index is 4.86. The molecule has 3 heteroatoms. The third-order valence-electron chi connectivity index (χ3n) is 3.84. The Balaban J connectivity index is 0.00000212. The van der Waals surface area contributed by atoms with Gasteiger partial charge in [-0.15, -0.1) is 0 Å². The van der Waals surface area contributed by atoms with Crippen LogP contribution in [0.4, 0.5) is 0 Å². The van der Waals surface area contributed by atoms with E-state index in [2.05, 4.69) is 24.0 Å². The van der Waals surface area contributed by atoms with Crippen molar-refractivity contribution in [2.24, 2.45) is 9.98 Å². The van der Waals surface area contributed by atoms with Gasteiger partial charge in [-0.25, -0.2) is 9.98 Å². The molecule has 0 fully saturated rings. The highest BCUT2D eigenvalue weighted by molar-refractivity contribution is 6.17. The molecule has 31 heavy (non-hydrogen) atoms. The highest BCUT2D eigenvalue weighted by atomic mass is 15.2. The van der Waals surface area contributed by atoms with Crippen molar-refractivity contribution < 1.29 is 0 Å². The first-order chi connectivity index (χ1) is 15.2. The minimum absolute atomic E-state index is 0.296. The van der Waals surface area contributed by atoms with Gasteiger partial charge in [-0.3, -0.25) is 0 Å². The topological polar surface area (TPSA) is 36.8 Å². The normalized spacial score (nSPS) is 16.7. The van der Waals surface area contributed by atoms with Gasteiger partial charge in [0.1, 0.15) is 11.7 Å². The van der Waals surface area contributed by atoms with Gasteiger partial charge in [-0.1, -0.05) is 119 Å². The van der Waals surface area contributed by atoms with E-state index in [1.807, 2.05) is 115 Å². The Morgan fingerprint density at radius 3 is 1.77 bits per heavy atom. The predicted octanol–water partition coefficient (Wildman–Crippen LogP) is 7.90. The van der Waals surface area contributed by atoms with E-state index in [1.165, 1.54) is 0 Å². The van der Waals surface area contributed by atoms with Crippen LogP contribution < -0.4 is 5.32 Å². The van der Waals surface area contributed by atoms with E-state index in [0.717, 1.165) is 28.4 Å². The molecule has 1 unspecified atom stereocenters. The summed E-state index contributed by atoms with van der Waals surface area (Å²) in [6.45, 7) is 17.8. The fraction of sp³-hybridized carbons (Fsp3) is 0.286. The van der Waals surface area contributed by atoms with Gasteiger partial charge in [0.2, 0.25) is 0 Å². The van der Waals surface area contributed by atoms with E-state index in [9.17, 15) is 0 Å². The average molecular weight is 418 g/mol. The molecule has 1 aliphatic rings. The van der Waals surface area contributed by atoms with Gasteiger partial charge in [0.05, 0.1) is 0 Å². The Kier molecular flexibility index (Phi) is 15.8. The van der Waals surface area contributed by atoms with Crippen LogP contribution in [-0.4, -0.2) is 11.7 Å². The van der Waals surface area contributed by atoms with E-state index < -0.39 is 0 Å². The molecule has 1 atom stereocenters. The Morgan fingerprint density at radius 2 is 1.32 bits per heavy atom. The number of allylic oxidation sites excluding steroid dienone is 7. The van der Waals surface area contributed by atoms with Crippen molar-refractivity contribution in [1.82, 2.24) is 5.32 Å². The molecule has 0 aromatic heterocycles. The van der Waals surface area contributed by atoms with Crippen molar-refractivity contribution in [3.05, 3.63) is 108 Å². The summed E-state index contributed by atoms with van der Waals surface area (Å²) in [6, 6.07) is 10.1. The van der Waals surface area contributed by atoms with Crippen LogP contribution in [0.2, 0.25) is 0 Å². The summed E-state index contributed by atoms with van der Waals surface area (Å²) in [6.07, 6.45) is 17.5. The van der Waals surface area contributed by atoms with E-state index in [0.29, 0.717) is 0 Å². The molecule has 0 amide bonds. The summed E-state index contributed by atoms with van der Waals surface area (Å²) >= 11 is 0. The van der Waals surface area contributed by atoms with Crippen molar-refractivity contribution in [1.29, 1.82) is 0 Å². The van der Waals surface area contributed by atoms with Gasteiger partial charge in [-0.2, -0.15) is 0 Å². The molecule has 166 valence electrons. The van der Waals surface area contributed by atoms with Crippen molar-refractivity contribution in [2.75, 3.05) is 0 Å². The number of hydrogen-bond donors (Lipinski definition) is 1. The summed E-state index contributed by atoms with van der Waals surface area (Å²) in [5.41, 5.74) is 3.02. The van der Waals surface area contributed by atoms with Gasteiger partial charge in [0.25, 0.3) is 0 Å². The molecule has 1 aromatic rings. The molecule has 0 aliphatic carbocycles. The Morgan fingerprint density at radius 1 is 0.806 bits per heavy atom. The second-order valence-electron chi connectivity index (χ2n) is 5.87. The quantitative estimate of drug-likeness (QED) is 0.450. The first-order valence-electron chi connectivity index (χ1n) is 11.1. The summed E-state index contributed by atoms with van der Waals surface area (Å²) in [5, 5.41) is 3.40.